The van der Waals surface area contributed by atoms with E-state index >= 15 is 0 Å². The summed E-state index contributed by atoms with van der Waals surface area (Å²) in [5.41, 5.74) is 1.62. The summed E-state index contributed by atoms with van der Waals surface area (Å²) in [6.07, 6.45) is 0.388. The first kappa shape index (κ1) is 21.2. The van der Waals surface area contributed by atoms with Crippen LogP contribution in [-0.2, 0) is 6.42 Å². The third-order valence-corrected chi connectivity index (χ3v) is 6.05. The molecule has 4 aromatic rings. The Balaban J connectivity index is 1.53. The van der Waals surface area contributed by atoms with Crippen molar-refractivity contribution < 1.29 is 23.4 Å². The number of carbonyl (C=O) groups excluding carboxylic acids is 1. The highest BCUT2D eigenvalue weighted by atomic mass is 79.9. The predicted molar refractivity (Wildman–Crippen MR) is 123 cm³/mol. The molecule has 1 amide bonds. The zero-order chi connectivity index (χ0) is 22.0. The third kappa shape index (κ3) is 4.52. The monoisotopic (exact) mass is 502 g/mol. The van der Waals surface area contributed by atoms with E-state index in [1.807, 2.05) is 18.2 Å². The Kier molecular flexibility index (Phi) is 6.15. The summed E-state index contributed by atoms with van der Waals surface area (Å²) in [6.45, 7) is 0. The number of hydrogen-bond donors (Lipinski definition) is 1. The van der Waals surface area contributed by atoms with Crippen LogP contribution in [-0.4, -0.2) is 32.2 Å². The summed E-state index contributed by atoms with van der Waals surface area (Å²) in [7, 11) is 4.74. The molecule has 0 bridgehead atoms. The first-order valence-electron chi connectivity index (χ1n) is 9.25. The Labute approximate surface area is 191 Å². The Hall–Kier alpha value is -3.04. The van der Waals surface area contributed by atoms with Crippen LogP contribution in [0.25, 0.3) is 10.2 Å². The fourth-order valence-corrected chi connectivity index (χ4v) is 4.54. The molecule has 1 N–H and O–H groups in total. The van der Waals surface area contributed by atoms with Gasteiger partial charge >= 0.3 is 0 Å². The molecule has 9 heteroatoms. The van der Waals surface area contributed by atoms with Gasteiger partial charge < -0.3 is 18.6 Å². The van der Waals surface area contributed by atoms with Crippen molar-refractivity contribution in [1.82, 2.24) is 4.98 Å². The van der Waals surface area contributed by atoms with Crippen LogP contribution in [0.5, 0.6) is 17.2 Å². The van der Waals surface area contributed by atoms with Crippen molar-refractivity contribution in [2.75, 3.05) is 26.6 Å². The second-order valence-electron chi connectivity index (χ2n) is 6.54. The zero-order valence-electron chi connectivity index (χ0n) is 17.0. The molecule has 0 aliphatic carbocycles. The molecule has 2 heterocycles. The van der Waals surface area contributed by atoms with Gasteiger partial charge in [-0.25, -0.2) is 4.98 Å². The standard InChI is InChI=1S/C22H19BrN2O5S/c1-27-14-10-18(28-2)15(19(11-14)29-3)9-13-5-7-17(30-13)21(26)25-22-24-16-6-4-12(23)8-20(16)31-22/h4-8,10-11H,9H2,1-3H3,(H,24,25,26). The molecule has 0 saturated heterocycles. The van der Waals surface area contributed by atoms with Gasteiger partial charge in [-0.05, 0) is 30.3 Å². The SMILES string of the molecule is COc1cc(OC)c(Cc2ccc(C(=O)Nc3nc4ccc(Br)cc4s3)o2)c(OC)c1. The van der Waals surface area contributed by atoms with Gasteiger partial charge in [-0.15, -0.1) is 0 Å². The first-order valence-corrected chi connectivity index (χ1v) is 10.9. The van der Waals surface area contributed by atoms with E-state index in [0.29, 0.717) is 34.6 Å². The van der Waals surface area contributed by atoms with Gasteiger partial charge in [-0.3, -0.25) is 10.1 Å². The van der Waals surface area contributed by atoms with Crippen molar-refractivity contribution in [1.29, 1.82) is 0 Å². The third-order valence-electron chi connectivity index (χ3n) is 4.62. The summed E-state index contributed by atoms with van der Waals surface area (Å²) in [6, 6.07) is 12.7. The Morgan fingerprint density at radius 2 is 1.81 bits per heavy atom. The Bertz CT molecular complexity index is 1220. The predicted octanol–water partition coefficient (Wildman–Crippen LogP) is 5.52. The highest BCUT2D eigenvalue weighted by Gasteiger charge is 2.18. The van der Waals surface area contributed by atoms with Crippen LogP contribution in [0, 0.1) is 0 Å². The number of ether oxygens (including phenoxy) is 3. The van der Waals surface area contributed by atoms with Crippen LogP contribution in [0.4, 0.5) is 5.13 Å². The summed E-state index contributed by atoms with van der Waals surface area (Å²) < 4.78 is 24.0. The number of benzene rings is 2. The number of anilines is 1. The number of hydrogen-bond acceptors (Lipinski definition) is 7. The van der Waals surface area contributed by atoms with Gasteiger partial charge in [0.1, 0.15) is 23.0 Å². The quantitative estimate of drug-likeness (QED) is 0.358. The van der Waals surface area contributed by atoms with Crippen LogP contribution >= 0.6 is 27.3 Å². The molecule has 2 aromatic carbocycles. The van der Waals surface area contributed by atoms with E-state index < -0.39 is 0 Å². The lowest BCUT2D eigenvalue weighted by Crippen LogP contribution is -2.10. The number of fused-ring (bicyclic) bond motifs is 1. The lowest BCUT2D eigenvalue weighted by atomic mass is 10.1. The number of halogens is 1. The first-order chi connectivity index (χ1) is 15.0. The molecule has 0 spiro atoms. The molecule has 0 unspecified atom stereocenters. The molecule has 0 aliphatic heterocycles. The summed E-state index contributed by atoms with van der Waals surface area (Å²) >= 11 is 4.84. The zero-order valence-corrected chi connectivity index (χ0v) is 19.4. The van der Waals surface area contributed by atoms with Crippen molar-refractivity contribution in [3.05, 3.63) is 64.0 Å². The van der Waals surface area contributed by atoms with Crippen molar-refractivity contribution in [3.63, 3.8) is 0 Å². The van der Waals surface area contributed by atoms with E-state index in [1.165, 1.54) is 11.3 Å². The van der Waals surface area contributed by atoms with Crippen LogP contribution in [0.2, 0.25) is 0 Å². The van der Waals surface area contributed by atoms with Crippen LogP contribution in [0.15, 0.2) is 51.4 Å². The number of nitrogens with zero attached hydrogens (tertiary/aromatic N) is 1. The van der Waals surface area contributed by atoms with Gasteiger partial charge in [0.25, 0.3) is 5.91 Å². The molecule has 31 heavy (non-hydrogen) atoms. The minimum absolute atomic E-state index is 0.196. The summed E-state index contributed by atoms with van der Waals surface area (Å²) in [5.74, 6) is 2.28. The molecular formula is C22H19BrN2O5S. The molecule has 4 rings (SSSR count). The summed E-state index contributed by atoms with van der Waals surface area (Å²) in [4.78, 5) is 17.1. The smallest absolute Gasteiger partial charge is 0.293 e. The molecule has 0 aliphatic rings. The Morgan fingerprint density at radius 3 is 2.48 bits per heavy atom. The molecule has 2 aromatic heterocycles. The van der Waals surface area contributed by atoms with Gasteiger partial charge in [-0.1, -0.05) is 27.3 Å². The largest absolute Gasteiger partial charge is 0.496 e. The minimum atomic E-state index is -0.363. The topological polar surface area (TPSA) is 82.8 Å². The molecule has 0 atom stereocenters. The van der Waals surface area contributed by atoms with Crippen LogP contribution < -0.4 is 19.5 Å². The Morgan fingerprint density at radius 1 is 1.06 bits per heavy atom. The normalized spacial score (nSPS) is 10.8. The van der Waals surface area contributed by atoms with E-state index in [1.54, 1.807) is 45.6 Å². The van der Waals surface area contributed by atoms with Crippen molar-refractivity contribution >= 4 is 48.5 Å². The van der Waals surface area contributed by atoms with Crippen molar-refractivity contribution in [2.45, 2.75) is 6.42 Å². The molecule has 0 fully saturated rings. The van der Waals surface area contributed by atoms with Crippen LogP contribution in [0.1, 0.15) is 21.9 Å². The number of furan rings is 1. The van der Waals surface area contributed by atoms with E-state index in [2.05, 4.69) is 26.2 Å². The number of thiazole rings is 1. The van der Waals surface area contributed by atoms with E-state index in [-0.39, 0.29) is 11.7 Å². The van der Waals surface area contributed by atoms with Gasteiger partial charge in [0.2, 0.25) is 0 Å². The molecular weight excluding hydrogens is 484 g/mol. The van der Waals surface area contributed by atoms with Crippen LogP contribution in [0.3, 0.4) is 0 Å². The number of amides is 1. The fraction of sp³-hybridized carbons (Fsp3) is 0.182. The van der Waals surface area contributed by atoms with Crippen molar-refractivity contribution in [3.8, 4) is 17.2 Å². The second-order valence-corrected chi connectivity index (χ2v) is 8.48. The second kappa shape index (κ2) is 8.99. The lowest BCUT2D eigenvalue weighted by Gasteiger charge is -2.14. The number of nitrogens with one attached hydrogen (secondary N) is 1. The molecule has 0 radical (unpaired) electrons. The minimum Gasteiger partial charge on any atom is -0.496 e. The van der Waals surface area contributed by atoms with E-state index in [9.17, 15) is 4.79 Å². The number of carbonyl (C=O) groups is 1. The maximum Gasteiger partial charge on any atom is 0.293 e. The number of aromatic nitrogens is 1. The van der Waals surface area contributed by atoms with Gasteiger partial charge in [-0.2, -0.15) is 0 Å². The molecule has 0 saturated carbocycles. The maximum absolute atomic E-state index is 12.6. The van der Waals surface area contributed by atoms with E-state index in [4.69, 9.17) is 18.6 Å². The number of methoxy groups -OCH3 is 3. The van der Waals surface area contributed by atoms with Gasteiger partial charge in [0, 0.05) is 28.6 Å². The average Bonchev–Trinajstić information content (AvgIpc) is 3.39. The van der Waals surface area contributed by atoms with E-state index in [0.717, 1.165) is 20.3 Å². The maximum atomic E-state index is 12.6. The van der Waals surface area contributed by atoms with Gasteiger partial charge in [0.15, 0.2) is 10.9 Å². The highest BCUT2D eigenvalue weighted by molar-refractivity contribution is 9.10. The summed E-state index contributed by atoms with van der Waals surface area (Å²) in [5, 5.41) is 3.31. The lowest BCUT2D eigenvalue weighted by molar-refractivity contribution is 0.0995. The molecule has 7 nitrogen and oxygen atoms in total. The fourth-order valence-electron chi connectivity index (χ4n) is 3.13. The van der Waals surface area contributed by atoms with Crippen molar-refractivity contribution in [2.24, 2.45) is 0 Å². The molecule has 160 valence electrons. The average molecular weight is 503 g/mol. The number of rotatable bonds is 7. The van der Waals surface area contributed by atoms with Gasteiger partial charge in [0.05, 0.1) is 31.5 Å². The highest BCUT2D eigenvalue weighted by Crippen LogP contribution is 2.36.